The van der Waals surface area contributed by atoms with Gasteiger partial charge in [0.05, 0.1) is 13.2 Å². The molecular weight excluding hydrogens is 392 g/mol. The van der Waals surface area contributed by atoms with Crippen molar-refractivity contribution in [2.75, 3.05) is 20.3 Å². The van der Waals surface area contributed by atoms with Crippen LogP contribution in [0.4, 0.5) is 0 Å². The lowest BCUT2D eigenvalue weighted by Gasteiger charge is -2.30. The second-order valence-electron chi connectivity index (χ2n) is 7.76. The van der Waals surface area contributed by atoms with Gasteiger partial charge in [-0.3, -0.25) is 9.59 Å². The summed E-state index contributed by atoms with van der Waals surface area (Å²) in [6, 6.07) is 16.7. The van der Waals surface area contributed by atoms with Gasteiger partial charge in [-0.2, -0.15) is 0 Å². The topological polar surface area (TPSA) is 67.9 Å². The first-order chi connectivity index (χ1) is 14.9. The molecule has 0 aliphatic rings. The molecule has 6 nitrogen and oxygen atoms in total. The van der Waals surface area contributed by atoms with Crippen LogP contribution in [0.5, 0.6) is 5.75 Å². The van der Waals surface area contributed by atoms with Crippen molar-refractivity contribution < 1.29 is 19.1 Å². The lowest BCUT2D eigenvalue weighted by Crippen LogP contribution is -2.50. The van der Waals surface area contributed by atoms with Gasteiger partial charge in [0.2, 0.25) is 11.8 Å². The van der Waals surface area contributed by atoms with Gasteiger partial charge in [0, 0.05) is 33.0 Å². The predicted octanol–water partition coefficient (Wildman–Crippen LogP) is 3.59. The van der Waals surface area contributed by atoms with Crippen molar-refractivity contribution in [2.24, 2.45) is 0 Å². The molecule has 0 saturated carbocycles. The number of rotatable bonds is 12. The highest BCUT2D eigenvalue weighted by Crippen LogP contribution is 2.17. The molecule has 2 rings (SSSR count). The third kappa shape index (κ3) is 8.42. The highest BCUT2D eigenvalue weighted by Gasteiger charge is 2.28. The molecule has 0 bridgehead atoms. The molecule has 0 heterocycles. The van der Waals surface area contributed by atoms with Crippen molar-refractivity contribution in [1.29, 1.82) is 0 Å². The molecular formula is C25H34N2O4. The summed E-state index contributed by atoms with van der Waals surface area (Å²) in [6.45, 7) is 6.91. The molecule has 2 amide bonds. The Morgan fingerprint density at radius 3 is 2.26 bits per heavy atom. The summed E-state index contributed by atoms with van der Waals surface area (Å²) in [5.74, 6) is 0.451. The quantitative estimate of drug-likeness (QED) is 0.527. The van der Waals surface area contributed by atoms with E-state index in [0.29, 0.717) is 26.1 Å². The molecule has 1 atom stereocenters. The fraction of sp³-hybridized carbons (Fsp3) is 0.440. The Morgan fingerprint density at radius 1 is 1.00 bits per heavy atom. The molecule has 2 aromatic rings. The largest absolute Gasteiger partial charge is 0.497 e. The van der Waals surface area contributed by atoms with Crippen LogP contribution < -0.4 is 10.1 Å². The number of amides is 2. The van der Waals surface area contributed by atoms with E-state index in [-0.39, 0.29) is 17.9 Å². The average molecular weight is 427 g/mol. The molecule has 0 aliphatic heterocycles. The molecule has 2 aromatic carbocycles. The maximum Gasteiger partial charge on any atom is 0.243 e. The molecule has 6 heteroatoms. The van der Waals surface area contributed by atoms with Gasteiger partial charge in [-0.1, -0.05) is 42.5 Å². The highest BCUT2D eigenvalue weighted by molar-refractivity contribution is 5.87. The Bertz CT molecular complexity index is 806. The summed E-state index contributed by atoms with van der Waals surface area (Å²) >= 11 is 0. The van der Waals surface area contributed by atoms with Gasteiger partial charge >= 0.3 is 0 Å². The molecule has 0 aromatic heterocycles. The van der Waals surface area contributed by atoms with E-state index in [4.69, 9.17) is 9.47 Å². The van der Waals surface area contributed by atoms with Crippen molar-refractivity contribution in [3.8, 4) is 5.75 Å². The predicted molar refractivity (Wildman–Crippen MR) is 122 cm³/mol. The van der Waals surface area contributed by atoms with E-state index in [9.17, 15) is 9.59 Å². The van der Waals surface area contributed by atoms with E-state index in [1.807, 2.05) is 68.4 Å². The lowest BCUT2D eigenvalue weighted by molar-refractivity contribution is -0.139. The summed E-state index contributed by atoms with van der Waals surface area (Å²) in [6.07, 6.45) is 1.34. The lowest BCUT2D eigenvalue weighted by atomic mass is 10.0. The van der Waals surface area contributed by atoms with E-state index >= 15 is 0 Å². The molecule has 0 fully saturated rings. The Hall–Kier alpha value is -2.86. The summed E-state index contributed by atoms with van der Waals surface area (Å²) in [4.78, 5) is 27.3. The monoisotopic (exact) mass is 426 g/mol. The van der Waals surface area contributed by atoms with E-state index in [1.54, 1.807) is 12.0 Å². The van der Waals surface area contributed by atoms with Gasteiger partial charge in [-0.15, -0.1) is 0 Å². The smallest absolute Gasteiger partial charge is 0.243 e. The van der Waals surface area contributed by atoms with Gasteiger partial charge in [0.1, 0.15) is 11.8 Å². The fourth-order valence-corrected chi connectivity index (χ4v) is 3.27. The van der Waals surface area contributed by atoms with Crippen LogP contribution in [-0.4, -0.2) is 49.1 Å². The van der Waals surface area contributed by atoms with Crippen LogP contribution in [0.1, 0.15) is 38.3 Å². The minimum atomic E-state index is -0.604. The van der Waals surface area contributed by atoms with Crippen LogP contribution in [0.15, 0.2) is 54.6 Å². The van der Waals surface area contributed by atoms with Crippen LogP contribution in [0.2, 0.25) is 0 Å². The van der Waals surface area contributed by atoms with Crippen molar-refractivity contribution in [2.45, 2.75) is 52.3 Å². The number of ether oxygens (including phenoxy) is 2. The van der Waals surface area contributed by atoms with Gasteiger partial charge < -0.3 is 19.7 Å². The Balaban J connectivity index is 2.14. The maximum atomic E-state index is 13.1. The fourth-order valence-electron chi connectivity index (χ4n) is 3.27. The molecule has 0 spiro atoms. The normalized spacial score (nSPS) is 11.8. The van der Waals surface area contributed by atoms with Crippen LogP contribution in [0.3, 0.4) is 0 Å². The van der Waals surface area contributed by atoms with Crippen LogP contribution in [0.25, 0.3) is 0 Å². The number of nitrogens with one attached hydrogen (secondary N) is 1. The average Bonchev–Trinajstić information content (AvgIpc) is 2.76. The first kappa shape index (κ1) is 24.4. The van der Waals surface area contributed by atoms with Crippen molar-refractivity contribution >= 4 is 11.8 Å². The van der Waals surface area contributed by atoms with Crippen molar-refractivity contribution in [1.82, 2.24) is 10.2 Å². The summed E-state index contributed by atoms with van der Waals surface area (Å²) < 4.78 is 10.7. The number of hydrogen-bond donors (Lipinski definition) is 1. The first-order valence-corrected chi connectivity index (χ1v) is 10.7. The highest BCUT2D eigenvalue weighted by atomic mass is 16.5. The Labute approximate surface area is 185 Å². The minimum Gasteiger partial charge on any atom is -0.497 e. The standard InChI is InChI=1S/C25H34N2O4/c1-19(2)31-16-8-15-26-25(29)24(17-21-9-6-5-7-10-21)27(20(3)28)18-22-11-13-23(30-4)14-12-22/h5-7,9-14,19,24H,8,15-18H2,1-4H3,(H,26,29)/t24-/m0/s1. The maximum absolute atomic E-state index is 13.1. The van der Waals surface area contributed by atoms with Gasteiger partial charge in [0.15, 0.2) is 0 Å². The molecule has 0 aliphatic carbocycles. The number of methoxy groups -OCH3 is 1. The molecule has 0 radical (unpaired) electrons. The third-order valence-corrected chi connectivity index (χ3v) is 4.94. The number of carbonyl (C=O) groups is 2. The van der Waals surface area contributed by atoms with E-state index in [0.717, 1.165) is 23.3 Å². The van der Waals surface area contributed by atoms with Crippen LogP contribution in [-0.2, 0) is 27.3 Å². The summed E-state index contributed by atoms with van der Waals surface area (Å²) in [5.41, 5.74) is 1.94. The Morgan fingerprint density at radius 2 is 1.68 bits per heavy atom. The summed E-state index contributed by atoms with van der Waals surface area (Å²) in [7, 11) is 1.61. The third-order valence-electron chi connectivity index (χ3n) is 4.94. The number of benzene rings is 2. The van der Waals surface area contributed by atoms with Gasteiger partial charge in [-0.25, -0.2) is 0 Å². The second-order valence-corrected chi connectivity index (χ2v) is 7.76. The molecule has 1 N–H and O–H groups in total. The minimum absolute atomic E-state index is 0.143. The molecule has 0 saturated heterocycles. The zero-order valence-electron chi connectivity index (χ0n) is 19.0. The Kier molecular flexibility index (Phi) is 10.0. The number of carbonyl (C=O) groups excluding carboxylic acids is 2. The zero-order valence-corrected chi connectivity index (χ0v) is 19.0. The van der Waals surface area contributed by atoms with Crippen molar-refractivity contribution in [3.63, 3.8) is 0 Å². The second kappa shape index (κ2) is 12.7. The van der Waals surface area contributed by atoms with Gasteiger partial charge in [-0.05, 0) is 43.5 Å². The first-order valence-electron chi connectivity index (χ1n) is 10.7. The van der Waals surface area contributed by atoms with Crippen LogP contribution >= 0.6 is 0 Å². The van der Waals surface area contributed by atoms with E-state index in [1.165, 1.54) is 6.92 Å². The van der Waals surface area contributed by atoms with E-state index < -0.39 is 6.04 Å². The van der Waals surface area contributed by atoms with Gasteiger partial charge in [0.25, 0.3) is 0 Å². The number of nitrogens with zero attached hydrogens (tertiary/aromatic N) is 1. The van der Waals surface area contributed by atoms with Crippen LogP contribution in [0, 0.1) is 0 Å². The summed E-state index contributed by atoms with van der Waals surface area (Å²) in [5, 5.41) is 2.98. The SMILES string of the molecule is COc1ccc(CN(C(C)=O)[C@@H](Cc2ccccc2)C(=O)NCCCOC(C)C)cc1. The molecule has 31 heavy (non-hydrogen) atoms. The van der Waals surface area contributed by atoms with Crippen molar-refractivity contribution in [3.05, 3.63) is 65.7 Å². The van der Waals surface area contributed by atoms with E-state index in [2.05, 4.69) is 5.32 Å². The molecule has 0 unspecified atom stereocenters. The number of hydrogen-bond acceptors (Lipinski definition) is 4. The zero-order chi connectivity index (χ0) is 22.6. The molecule has 168 valence electrons.